The van der Waals surface area contributed by atoms with Gasteiger partial charge in [0.15, 0.2) is 0 Å². The average Bonchev–Trinajstić information content (AvgIpc) is 2.76. The van der Waals surface area contributed by atoms with Gasteiger partial charge < -0.3 is 0 Å². The predicted molar refractivity (Wildman–Crippen MR) is 74.1 cm³/mol. The molecule has 0 N–H and O–H groups in total. The summed E-state index contributed by atoms with van der Waals surface area (Å²) >= 11 is 5.81. The zero-order valence-corrected chi connectivity index (χ0v) is 11.5. The first kappa shape index (κ1) is 12.1. The number of allylic oxidation sites excluding steroid dienone is 2. The highest BCUT2D eigenvalue weighted by Crippen LogP contribution is 2.50. The summed E-state index contributed by atoms with van der Waals surface area (Å²) < 4.78 is 0. The Morgan fingerprint density at radius 2 is 1.65 bits per heavy atom. The van der Waals surface area contributed by atoms with Gasteiger partial charge in [-0.05, 0) is 36.8 Å². The van der Waals surface area contributed by atoms with Gasteiger partial charge in [-0.1, -0.05) is 23.8 Å². The van der Waals surface area contributed by atoms with E-state index in [9.17, 15) is 9.59 Å². The van der Waals surface area contributed by atoms with Crippen LogP contribution in [0, 0.1) is 23.7 Å². The van der Waals surface area contributed by atoms with Gasteiger partial charge in [0.05, 0.1) is 16.9 Å². The van der Waals surface area contributed by atoms with E-state index in [2.05, 4.69) is 17.1 Å². The third-order valence-corrected chi connectivity index (χ3v) is 4.92. The van der Waals surface area contributed by atoms with E-state index >= 15 is 0 Å². The maximum atomic E-state index is 12.6. The SMILES string of the molecule is O=C1C2C3C=CC(CC3)C2C(=O)N1c1ccc(Cl)cn1. The molecule has 4 aliphatic rings. The lowest BCUT2D eigenvalue weighted by Crippen LogP contribution is -2.38. The molecule has 4 nitrogen and oxygen atoms in total. The number of hydrogen-bond donors (Lipinski definition) is 0. The highest BCUT2D eigenvalue weighted by atomic mass is 35.5. The second-order valence-corrected chi connectivity index (χ2v) is 6.12. The van der Waals surface area contributed by atoms with Crippen molar-refractivity contribution in [2.75, 3.05) is 4.90 Å². The molecule has 1 aliphatic heterocycles. The number of amides is 2. The number of hydrogen-bond acceptors (Lipinski definition) is 3. The molecule has 4 unspecified atom stereocenters. The van der Waals surface area contributed by atoms with Crippen LogP contribution >= 0.6 is 11.6 Å². The van der Waals surface area contributed by atoms with Crippen LogP contribution in [0.5, 0.6) is 0 Å². The summed E-state index contributed by atoms with van der Waals surface area (Å²) in [5.74, 6) is 0.214. The summed E-state index contributed by atoms with van der Waals surface area (Å²) in [6, 6.07) is 3.28. The number of carbonyl (C=O) groups excluding carboxylic acids is 2. The Labute approximate surface area is 121 Å². The van der Waals surface area contributed by atoms with E-state index in [1.807, 2.05) is 0 Å². The summed E-state index contributed by atoms with van der Waals surface area (Å²) in [5, 5.41) is 0.493. The van der Waals surface area contributed by atoms with Gasteiger partial charge in [-0.3, -0.25) is 9.59 Å². The average molecular weight is 289 g/mol. The van der Waals surface area contributed by atoms with Gasteiger partial charge in [0.2, 0.25) is 11.8 Å². The normalized spacial score (nSPS) is 34.8. The molecular formula is C15H13ClN2O2. The quantitative estimate of drug-likeness (QED) is 0.589. The molecule has 2 fully saturated rings. The number of imide groups is 1. The minimum Gasteiger partial charge on any atom is -0.274 e. The van der Waals surface area contributed by atoms with Gasteiger partial charge >= 0.3 is 0 Å². The predicted octanol–water partition coefficient (Wildman–Crippen LogP) is 2.44. The summed E-state index contributed by atoms with van der Waals surface area (Å²) in [6.45, 7) is 0. The van der Waals surface area contributed by atoms with E-state index < -0.39 is 0 Å². The molecule has 2 bridgehead atoms. The summed E-state index contributed by atoms with van der Waals surface area (Å²) in [6.07, 6.45) is 7.69. The van der Waals surface area contributed by atoms with Crippen molar-refractivity contribution >= 4 is 29.2 Å². The van der Waals surface area contributed by atoms with Crippen molar-refractivity contribution in [1.82, 2.24) is 4.98 Å². The van der Waals surface area contributed by atoms with Crippen molar-refractivity contribution in [3.8, 4) is 0 Å². The molecule has 3 aliphatic carbocycles. The highest BCUT2D eigenvalue weighted by Gasteiger charge is 2.57. The summed E-state index contributed by atoms with van der Waals surface area (Å²) in [7, 11) is 0. The first-order valence-corrected chi connectivity index (χ1v) is 7.22. The molecule has 2 heterocycles. The van der Waals surface area contributed by atoms with Gasteiger partial charge in [0.1, 0.15) is 5.82 Å². The number of halogens is 1. The monoisotopic (exact) mass is 288 g/mol. The molecule has 1 aromatic heterocycles. The molecule has 0 aromatic carbocycles. The van der Waals surface area contributed by atoms with Crippen LogP contribution < -0.4 is 4.90 Å². The maximum Gasteiger partial charge on any atom is 0.239 e. The van der Waals surface area contributed by atoms with Crippen molar-refractivity contribution in [3.63, 3.8) is 0 Å². The largest absolute Gasteiger partial charge is 0.274 e. The lowest BCUT2D eigenvalue weighted by atomic mass is 9.63. The van der Waals surface area contributed by atoms with Crippen LogP contribution in [-0.2, 0) is 9.59 Å². The van der Waals surface area contributed by atoms with Crippen molar-refractivity contribution in [2.45, 2.75) is 12.8 Å². The number of rotatable bonds is 1. The zero-order chi connectivity index (χ0) is 13.9. The van der Waals surface area contributed by atoms with Crippen molar-refractivity contribution in [1.29, 1.82) is 0 Å². The molecule has 0 radical (unpaired) electrons. The fourth-order valence-electron chi connectivity index (χ4n) is 3.80. The van der Waals surface area contributed by atoms with E-state index in [1.54, 1.807) is 12.1 Å². The lowest BCUT2D eigenvalue weighted by molar-refractivity contribution is -0.124. The van der Waals surface area contributed by atoms with Crippen LogP contribution in [0.2, 0.25) is 5.02 Å². The van der Waals surface area contributed by atoms with Crippen LogP contribution in [0.1, 0.15) is 12.8 Å². The Balaban J connectivity index is 1.75. The number of nitrogens with zero attached hydrogens (tertiary/aromatic N) is 2. The van der Waals surface area contributed by atoms with Crippen LogP contribution in [-0.4, -0.2) is 16.8 Å². The number of fused-ring (bicyclic) bond motifs is 1. The van der Waals surface area contributed by atoms with Crippen LogP contribution in [0.15, 0.2) is 30.5 Å². The highest BCUT2D eigenvalue weighted by molar-refractivity contribution is 6.30. The molecule has 1 saturated heterocycles. The fraction of sp³-hybridized carbons (Fsp3) is 0.400. The van der Waals surface area contributed by atoms with Crippen molar-refractivity contribution in [3.05, 3.63) is 35.5 Å². The van der Waals surface area contributed by atoms with Gasteiger partial charge in [-0.2, -0.15) is 0 Å². The third-order valence-electron chi connectivity index (χ3n) is 4.70. The first-order valence-electron chi connectivity index (χ1n) is 6.84. The third kappa shape index (κ3) is 1.51. The molecule has 5 rings (SSSR count). The van der Waals surface area contributed by atoms with E-state index in [0.717, 1.165) is 12.8 Å². The van der Waals surface area contributed by atoms with E-state index in [0.29, 0.717) is 10.8 Å². The molecular weight excluding hydrogens is 276 g/mol. The number of aromatic nitrogens is 1. The summed E-state index contributed by atoms with van der Waals surface area (Å²) in [5.41, 5.74) is 0. The standard InChI is InChI=1S/C15H13ClN2O2/c16-10-5-6-11(17-7-10)18-14(19)12-8-1-2-9(4-3-8)13(12)15(18)20/h1-2,5-9,12-13H,3-4H2. The number of pyridine rings is 1. The van der Waals surface area contributed by atoms with Gasteiger partial charge in [0, 0.05) is 6.20 Å². The Kier molecular flexibility index (Phi) is 2.51. The van der Waals surface area contributed by atoms with Gasteiger partial charge in [0.25, 0.3) is 0 Å². The molecule has 4 atom stereocenters. The zero-order valence-electron chi connectivity index (χ0n) is 10.7. The second-order valence-electron chi connectivity index (χ2n) is 5.69. The minimum absolute atomic E-state index is 0.103. The van der Waals surface area contributed by atoms with Crippen LogP contribution in [0.3, 0.4) is 0 Å². The van der Waals surface area contributed by atoms with Crippen LogP contribution in [0.4, 0.5) is 5.82 Å². The maximum absolute atomic E-state index is 12.6. The Morgan fingerprint density at radius 3 is 2.10 bits per heavy atom. The summed E-state index contributed by atoms with van der Waals surface area (Å²) in [4.78, 5) is 30.6. The van der Waals surface area contributed by atoms with E-state index in [1.165, 1.54) is 11.1 Å². The Morgan fingerprint density at radius 1 is 1.05 bits per heavy atom. The molecule has 20 heavy (non-hydrogen) atoms. The van der Waals surface area contributed by atoms with E-state index in [-0.39, 0.29) is 35.5 Å². The topological polar surface area (TPSA) is 50.3 Å². The van der Waals surface area contributed by atoms with Crippen molar-refractivity contribution in [2.24, 2.45) is 23.7 Å². The number of anilines is 1. The Bertz CT molecular complexity index is 593. The second kappa shape index (κ2) is 4.16. The molecule has 0 spiro atoms. The van der Waals surface area contributed by atoms with Crippen LogP contribution in [0.25, 0.3) is 0 Å². The molecule has 1 saturated carbocycles. The van der Waals surface area contributed by atoms with Crippen molar-refractivity contribution < 1.29 is 9.59 Å². The first-order chi connectivity index (χ1) is 9.66. The van der Waals surface area contributed by atoms with Gasteiger partial charge in [-0.15, -0.1) is 0 Å². The molecule has 102 valence electrons. The lowest BCUT2D eigenvalue weighted by Gasteiger charge is -2.38. The smallest absolute Gasteiger partial charge is 0.239 e. The Hall–Kier alpha value is -1.68. The number of carbonyl (C=O) groups is 2. The minimum atomic E-state index is -0.191. The van der Waals surface area contributed by atoms with Gasteiger partial charge in [-0.25, -0.2) is 9.88 Å². The molecule has 1 aromatic rings. The van der Waals surface area contributed by atoms with E-state index in [4.69, 9.17) is 11.6 Å². The fourth-order valence-corrected chi connectivity index (χ4v) is 3.91. The molecule has 2 amide bonds. The molecule has 5 heteroatoms.